The molecule has 11 nitrogen and oxygen atoms in total. The minimum atomic E-state index is -3.45. The second-order valence-corrected chi connectivity index (χ2v) is 12.7. The number of benzene rings is 1. The molecule has 0 fully saturated rings. The summed E-state index contributed by atoms with van der Waals surface area (Å²) in [5.74, 6) is 2.21. The summed E-state index contributed by atoms with van der Waals surface area (Å²) in [6.45, 7) is 5.86. The average molecular weight is 531 g/mol. The van der Waals surface area contributed by atoms with Crippen molar-refractivity contribution in [3.05, 3.63) is 36.9 Å². The third-order valence-corrected chi connectivity index (χ3v) is 8.89. The maximum Gasteiger partial charge on any atom is 0.231 e. The maximum absolute atomic E-state index is 12.4. The van der Waals surface area contributed by atoms with Gasteiger partial charge in [0.05, 0.1) is 11.0 Å². The highest BCUT2D eigenvalue weighted by Crippen LogP contribution is 2.45. The van der Waals surface area contributed by atoms with E-state index in [0.717, 1.165) is 10.5 Å². The third-order valence-electron chi connectivity index (χ3n) is 5.64. The monoisotopic (exact) mass is 530 g/mol. The van der Waals surface area contributed by atoms with Crippen LogP contribution in [0.3, 0.4) is 0 Å². The van der Waals surface area contributed by atoms with Crippen molar-refractivity contribution in [2.45, 2.75) is 48.5 Å². The highest BCUT2D eigenvalue weighted by Gasteiger charge is 2.28. The van der Waals surface area contributed by atoms with Crippen molar-refractivity contribution in [1.29, 1.82) is 0 Å². The van der Waals surface area contributed by atoms with Gasteiger partial charge < -0.3 is 24.2 Å². The standard InChI is InChI=1S/C23H26N6O5S2/c1-23(2,3)36(30,31)27-7-5-8-29-21-19(20(24)25-12-26-21)28-22(29)35-18-11-17-16(33-13-34-17)10-14(18)15-6-4-9-32-15/h4,6,9-12,27H,5,7-8,13H2,1-3H3,(H2,24,25,26). The molecule has 13 heteroatoms. The fraction of sp³-hybridized carbons (Fsp3) is 0.348. The van der Waals surface area contributed by atoms with Gasteiger partial charge in [-0.2, -0.15) is 0 Å². The van der Waals surface area contributed by atoms with Gasteiger partial charge in [-0.15, -0.1) is 0 Å². The predicted molar refractivity (Wildman–Crippen MR) is 135 cm³/mol. The summed E-state index contributed by atoms with van der Waals surface area (Å²) >= 11 is 1.40. The van der Waals surface area contributed by atoms with E-state index in [2.05, 4.69) is 14.7 Å². The molecule has 5 rings (SSSR count). The predicted octanol–water partition coefficient (Wildman–Crippen LogP) is 3.66. The smallest absolute Gasteiger partial charge is 0.231 e. The first-order valence-corrected chi connectivity index (χ1v) is 13.6. The molecule has 3 N–H and O–H groups in total. The fourth-order valence-corrected chi connectivity index (χ4v) is 5.51. The Hall–Kier alpha value is -3.29. The van der Waals surface area contributed by atoms with E-state index in [1.54, 1.807) is 27.0 Å². The Balaban J connectivity index is 1.48. The van der Waals surface area contributed by atoms with Crippen LogP contribution in [0.5, 0.6) is 11.5 Å². The van der Waals surface area contributed by atoms with Crippen LogP contribution in [0.15, 0.2) is 51.3 Å². The zero-order valence-electron chi connectivity index (χ0n) is 20.0. The van der Waals surface area contributed by atoms with Crippen LogP contribution in [0.4, 0.5) is 5.82 Å². The van der Waals surface area contributed by atoms with Crippen molar-refractivity contribution in [3.8, 4) is 22.8 Å². The van der Waals surface area contributed by atoms with Gasteiger partial charge in [0.15, 0.2) is 33.6 Å². The van der Waals surface area contributed by atoms with E-state index in [4.69, 9.17) is 24.6 Å². The lowest BCUT2D eigenvalue weighted by Gasteiger charge is -2.19. The van der Waals surface area contributed by atoms with Gasteiger partial charge in [-0.05, 0) is 51.5 Å². The van der Waals surface area contributed by atoms with Gasteiger partial charge in [-0.3, -0.25) is 0 Å². The zero-order valence-corrected chi connectivity index (χ0v) is 21.6. The van der Waals surface area contributed by atoms with Crippen molar-refractivity contribution in [2.24, 2.45) is 0 Å². The molecule has 0 aliphatic carbocycles. The molecule has 190 valence electrons. The molecule has 0 radical (unpaired) electrons. The van der Waals surface area contributed by atoms with Crippen molar-refractivity contribution in [3.63, 3.8) is 0 Å². The van der Waals surface area contributed by atoms with E-state index >= 15 is 0 Å². The van der Waals surface area contributed by atoms with Crippen LogP contribution in [0.2, 0.25) is 0 Å². The lowest BCUT2D eigenvalue weighted by atomic mass is 10.1. The van der Waals surface area contributed by atoms with Crippen LogP contribution in [-0.4, -0.2) is 46.0 Å². The summed E-state index contributed by atoms with van der Waals surface area (Å²) in [6, 6.07) is 7.46. The minimum Gasteiger partial charge on any atom is -0.464 e. The minimum absolute atomic E-state index is 0.149. The number of rotatable bonds is 8. The second kappa shape index (κ2) is 9.30. The highest BCUT2D eigenvalue weighted by atomic mass is 32.2. The van der Waals surface area contributed by atoms with Crippen LogP contribution in [-0.2, 0) is 16.6 Å². The van der Waals surface area contributed by atoms with Gasteiger partial charge in [0, 0.05) is 23.5 Å². The lowest BCUT2D eigenvalue weighted by molar-refractivity contribution is 0.174. The molecular formula is C23H26N6O5S2. The van der Waals surface area contributed by atoms with E-state index < -0.39 is 14.8 Å². The third kappa shape index (κ3) is 4.61. The number of ether oxygens (including phenoxy) is 2. The normalized spacial score (nSPS) is 13.5. The number of hydrogen-bond donors (Lipinski definition) is 2. The Kier molecular flexibility index (Phi) is 6.30. The molecule has 0 unspecified atom stereocenters. The Morgan fingerprint density at radius 3 is 2.69 bits per heavy atom. The molecule has 0 saturated heterocycles. The van der Waals surface area contributed by atoms with Gasteiger partial charge in [-0.25, -0.2) is 28.1 Å². The van der Waals surface area contributed by atoms with E-state index in [1.807, 2.05) is 28.8 Å². The summed E-state index contributed by atoms with van der Waals surface area (Å²) < 4.78 is 45.4. The molecule has 0 bridgehead atoms. The van der Waals surface area contributed by atoms with Crippen molar-refractivity contribution in [2.75, 3.05) is 19.1 Å². The quantitative estimate of drug-likeness (QED) is 0.323. The number of aromatic nitrogens is 4. The van der Waals surface area contributed by atoms with Crippen molar-refractivity contribution < 1.29 is 22.3 Å². The van der Waals surface area contributed by atoms with Crippen LogP contribution < -0.4 is 19.9 Å². The van der Waals surface area contributed by atoms with E-state index in [9.17, 15) is 8.42 Å². The van der Waals surface area contributed by atoms with Gasteiger partial charge >= 0.3 is 0 Å². The van der Waals surface area contributed by atoms with Crippen molar-refractivity contribution >= 4 is 38.8 Å². The first-order valence-electron chi connectivity index (χ1n) is 11.3. The number of imidazole rings is 1. The van der Waals surface area contributed by atoms with E-state index in [1.165, 1.54) is 18.1 Å². The zero-order chi connectivity index (χ0) is 25.5. The van der Waals surface area contributed by atoms with Crippen LogP contribution >= 0.6 is 11.8 Å². The summed E-state index contributed by atoms with van der Waals surface area (Å²) in [6.07, 6.45) is 3.52. The molecule has 1 aromatic carbocycles. The lowest BCUT2D eigenvalue weighted by Crippen LogP contribution is -2.39. The number of aryl methyl sites for hydroxylation is 1. The Morgan fingerprint density at radius 2 is 1.97 bits per heavy atom. The molecular weight excluding hydrogens is 504 g/mol. The number of nitrogen functional groups attached to an aromatic ring is 1. The number of nitrogens with two attached hydrogens (primary N) is 1. The Morgan fingerprint density at radius 1 is 1.19 bits per heavy atom. The Labute approximate surface area is 212 Å². The first kappa shape index (κ1) is 24.4. The molecule has 0 amide bonds. The highest BCUT2D eigenvalue weighted by molar-refractivity contribution is 7.99. The summed E-state index contributed by atoms with van der Waals surface area (Å²) in [5, 5.41) is 0.627. The molecule has 4 aromatic rings. The maximum atomic E-state index is 12.4. The Bertz CT molecular complexity index is 1510. The molecule has 0 atom stereocenters. The number of fused-ring (bicyclic) bond motifs is 2. The summed E-state index contributed by atoms with van der Waals surface area (Å²) in [4.78, 5) is 14.0. The van der Waals surface area contributed by atoms with Gasteiger partial charge in [0.25, 0.3) is 0 Å². The number of nitrogens with zero attached hydrogens (tertiary/aromatic N) is 4. The second-order valence-electron chi connectivity index (χ2n) is 9.12. The number of nitrogens with one attached hydrogen (secondary N) is 1. The molecule has 1 aliphatic rings. The van der Waals surface area contributed by atoms with Gasteiger partial charge in [0.1, 0.15) is 12.1 Å². The molecule has 0 saturated carbocycles. The SMILES string of the molecule is CC(C)(C)S(=O)(=O)NCCCn1c(Sc2cc3c(cc2-c2ccco2)OCO3)nc2c(N)ncnc21. The van der Waals surface area contributed by atoms with Crippen molar-refractivity contribution in [1.82, 2.24) is 24.2 Å². The van der Waals surface area contributed by atoms with Gasteiger partial charge in [-0.1, -0.05) is 11.8 Å². The molecule has 36 heavy (non-hydrogen) atoms. The summed E-state index contributed by atoms with van der Waals surface area (Å²) in [7, 11) is -3.45. The number of furan rings is 1. The molecule has 1 aliphatic heterocycles. The van der Waals surface area contributed by atoms with Crippen LogP contribution in [0, 0.1) is 0 Å². The topological polar surface area (TPSA) is 147 Å². The average Bonchev–Trinajstić information content (AvgIpc) is 3.56. The van der Waals surface area contributed by atoms with Crippen LogP contribution in [0.1, 0.15) is 27.2 Å². The molecule has 3 aromatic heterocycles. The number of hydrogen-bond acceptors (Lipinski definition) is 10. The first-order chi connectivity index (χ1) is 17.1. The number of sulfonamides is 1. The molecule has 4 heterocycles. The molecule has 0 spiro atoms. The fourth-order valence-electron chi connectivity index (χ4n) is 3.60. The van der Waals surface area contributed by atoms with Crippen LogP contribution in [0.25, 0.3) is 22.5 Å². The largest absolute Gasteiger partial charge is 0.464 e. The van der Waals surface area contributed by atoms with E-state index in [-0.39, 0.29) is 19.2 Å². The number of anilines is 1. The van der Waals surface area contributed by atoms with Gasteiger partial charge in [0.2, 0.25) is 16.8 Å². The van der Waals surface area contributed by atoms with E-state index in [0.29, 0.717) is 46.5 Å². The summed E-state index contributed by atoms with van der Waals surface area (Å²) in [5.41, 5.74) is 7.97.